The molecular formula is C23H21F5N4O2S. The third-order valence-electron chi connectivity index (χ3n) is 5.04. The highest BCUT2D eigenvalue weighted by Gasteiger charge is 2.36. The van der Waals surface area contributed by atoms with Crippen LogP contribution in [-0.4, -0.2) is 33.4 Å². The smallest absolute Gasteiger partial charge is 0.405 e. The number of aromatic nitrogens is 2. The van der Waals surface area contributed by atoms with Crippen LogP contribution in [0.5, 0.6) is 0 Å². The van der Waals surface area contributed by atoms with Crippen LogP contribution in [0.1, 0.15) is 36.8 Å². The summed E-state index contributed by atoms with van der Waals surface area (Å²) < 4.78 is 86.3. The molecule has 2 aromatic carbocycles. The monoisotopic (exact) mass is 512 g/mol. The van der Waals surface area contributed by atoms with Gasteiger partial charge in [-0.1, -0.05) is 13.3 Å². The lowest BCUT2D eigenvalue weighted by molar-refractivity contribution is -0.120. The molecule has 0 saturated heterocycles. The fourth-order valence-electron chi connectivity index (χ4n) is 3.42. The van der Waals surface area contributed by atoms with Crippen LogP contribution in [0.3, 0.4) is 0 Å². The van der Waals surface area contributed by atoms with E-state index < -0.39 is 48.0 Å². The number of benzene rings is 2. The lowest BCUT2D eigenvalue weighted by Gasteiger charge is -2.26. The molecule has 0 N–H and O–H groups in total. The van der Waals surface area contributed by atoms with E-state index in [2.05, 4.69) is 10.2 Å². The second kappa shape index (κ2) is 10.5. The molecule has 3 aromatic rings. The van der Waals surface area contributed by atoms with E-state index in [1.807, 2.05) is 0 Å². The van der Waals surface area contributed by atoms with Crippen molar-refractivity contribution >= 4 is 16.5 Å². The average molecular weight is 513 g/mol. The SMILES string of the molecule is CCCC(F)(F)c1cc(N(Cc2nnc(-c3ccc(S(C)=O)cc3)o2)CC(F)(F)F)ccc1C#N. The maximum Gasteiger partial charge on any atom is 0.405 e. The molecule has 1 atom stereocenters. The van der Waals surface area contributed by atoms with E-state index in [1.165, 1.54) is 12.3 Å². The van der Waals surface area contributed by atoms with Crippen LogP contribution < -0.4 is 4.90 Å². The Labute approximate surface area is 200 Å². The quantitative estimate of drug-likeness (QED) is 0.337. The van der Waals surface area contributed by atoms with Gasteiger partial charge in [-0.05, 0) is 42.5 Å². The van der Waals surface area contributed by atoms with Gasteiger partial charge in [-0.3, -0.25) is 4.21 Å². The van der Waals surface area contributed by atoms with Crippen LogP contribution in [0.2, 0.25) is 0 Å². The van der Waals surface area contributed by atoms with Crippen molar-refractivity contribution in [3.05, 3.63) is 59.5 Å². The average Bonchev–Trinajstić information content (AvgIpc) is 3.26. The molecule has 0 spiro atoms. The maximum absolute atomic E-state index is 14.6. The number of hydrogen-bond acceptors (Lipinski definition) is 6. The van der Waals surface area contributed by atoms with E-state index in [0.29, 0.717) is 10.5 Å². The van der Waals surface area contributed by atoms with Crippen molar-refractivity contribution in [1.82, 2.24) is 10.2 Å². The highest BCUT2D eigenvalue weighted by molar-refractivity contribution is 7.84. The molecule has 3 rings (SSSR count). The standard InChI is InChI=1S/C23H21F5N4O2S/c1-3-10-22(24,25)19-11-17(7-4-16(19)12-29)32(14-23(26,27)28)13-20-30-31-21(34-20)15-5-8-18(9-6-15)35(2)33/h4-9,11H,3,10,13-14H2,1-2H3. The Morgan fingerprint density at radius 2 is 1.77 bits per heavy atom. The topological polar surface area (TPSA) is 83.0 Å². The number of hydrogen-bond donors (Lipinski definition) is 0. The van der Waals surface area contributed by atoms with Gasteiger partial charge in [-0.25, -0.2) is 8.78 Å². The maximum atomic E-state index is 14.6. The molecule has 0 bridgehead atoms. The Kier molecular flexibility index (Phi) is 7.90. The lowest BCUT2D eigenvalue weighted by Crippen LogP contribution is -2.34. The summed E-state index contributed by atoms with van der Waals surface area (Å²) in [5.41, 5.74) is -0.636. The number of alkyl halides is 5. The first-order valence-corrected chi connectivity index (χ1v) is 12.0. The van der Waals surface area contributed by atoms with Gasteiger partial charge in [0.2, 0.25) is 11.8 Å². The van der Waals surface area contributed by atoms with E-state index >= 15 is 0 Å². The van der Waals surface area contributed by atoms with E-state index in [-0.39, 0.29) is 29.5 Å². The van der Waals surface area contributed by atoms with E-state index in [0.717, 1.165) is 17.0 Å². The summed E-state index contributed by atoms with van der Waals surface area (Å²) in [7, 11) is -1.19. The predicted octanol–water partition coefficient (Wildman–Crippen LogP) is 5.81. The molecule has 12 heteroatoms. The number of rotatable bonds is 9. The summed E-state index contributed by atoms with van der Waals surface area (Å²) in [6.45, 7) is -0.428. The summed E-state index contributed by atoms with van der Waals surface area (Å²) in [5.74, 6) is -3.51. The molecule has 186 valence electrons. The van der Waals surface area contributed by atoms with Gasteiger partial charge >= 0.3 is 6.18 Å². The molecule has 35 heavy (non-hydrogen) atoms. The Balaban J connectivity index is 1.94. The Morgan fingerprint density at radius 3 is 2.34 bits per heavy atom. The zero-order valence-corrected chi connectivity index (χ0v) is 19.6. The molecule has 0 aliphatic rings. The zero-order valence-electron chi connectivity index (χ0n) is 18.8. The second-order valence-corrected chi connectivity index (χ2v) is 9.13. The Bertz CT molecular complexity index is 1240. The molecular weight excluding hydrogens is 491 g/mol. The molecule has 0 amide bonds. The minimum atomic E-state index is -4.66. The molecule has 1 heterocycles. The van der Waals surface area contributed by atoms with Crippen molar-refractivity contribution in [2.24, 2.45) is 0 Å². The van der Waals surface area contributed by atoms with Gasteiger partial charge in [0.05, 0.1) is 18.2 Å². The number of nitrogens with zero attached hydrogens (tertiary/aromatic N) is 4. The van der Waals surface area contributed by atoms with E-state index in [9.17, 15) is 31.4 Å². The van der Waals surface area contributed by atoms with E-state index in [1.54, 1.807) is 37.3 Å². The van der Waals surface area contributed by atoms with Crippen molar-refractivity contribution in [3.8, 4) is 17.5 Å². The molecule has 0 aliphatic heterocycles. The third-order valence-corrected chi connectivity index (χ3v) is 5.98. The zero-order chi connectivity index (χ0) is 25.8. The van der Waals surface area contributed by atoms with Crippen LogP contribution >= 0.6 is 0 Å². The van der Waals surface area contributed by atoms with Gasteiger partial charge in [0, 0.05) is 45.2 Å². The van der Waals surface area contributed by atoms with Crippen LogP contribution in [-0.2, 0) is 23.3 Å². The Morgan fingerprint density at radius 1 is 1.09 bits per heavy atom. The molecule has 0 aliphatic carbocycles. The summed E-state index contributed by atoms with van der Waals surface area (Å²) >= 11 is 0. The fraction of sp³-hybridized carbons (Fsp3) is 0.348. The van der Waals surface area contributed by atoms with Crippen molar-refractivity contribution in [1.29, 1.82) is 5.26 Å². The number of anilines is 1. The molecule has 0 radical (unpaired) electrons. The molecule has 6 nitrogen and oxygen atoms in total. The lowest BCUT2D eigenvalue weighted by atomic mass is 9.98. The summed E-state index contributed by atoms with van der Waals surface area (Å²) in [6.07, 6.45) is -3.58. The minimum absolute atomic E-state index is 0.0374. The highest BCUT2D eigenvalue weighted by Crippen LogP contribution is 2.37. The van der Waals surface area contributed by atoms with Gasteiger partial charge in [0.15, 0.2) is 0 Å². The normalized spacial score (nSPS) is 12.9. The van der Waals surface area contributed by atoms with Gasteiger partial charge in [0.25, 0.3) is 5.92 Å². The number of nitriles is 1. The van der Waals surface area contributed by atoms with Crippen molar-refractivity contribution < 1.29 is 30.6 Å². The predicted molar refractivity (Wildman–Crippen MR) is 119 cm³/mol. The fourth-order valence-corrected chi connectivity index (χ4v) is 3.94. The summed E-state index contributed by atoms with van der Waals surface area (Å²) in [5, 5.41) is 16.9. The third kappa shape index (κ3) is 6.63. The minimum Gasteiger partial charge on any atom is -0.419 e. The van der Waals surface area contributed by atoms with Gasteiger partial charge in [0.1, 0.15) is 6.54 Å². The van der Waals surface area contributed by atoms with Crippen molar-refractivity contribution in [2.45, 2.75) is 43.3 Å². The number of halogens is 5. The highest BCUT2D eigenvalue weighted by atomic mass is 32.2. The van der Waals surface area contributed by atoms with Crippen LogP contribution in [0.15, 0.2) is 51.8 Å². The first-order valence-electron chi connectivity index (χ1n) is 10.4. The summed E-state index contributed by atoms with van der Waals surface area (Å²) in [6, 6.07) is 11.2. The van der Waals surface area contributed by atoms with Crippen LogP contribution in [0.25, 0.3) is 11.5 Å². The molecule has 0 fully saturated rings. The Hall–Kier alpha value is -3.33. The van der Waals surface area contributed by atoms with Crippen LogP contribution in [0.4, 0.5) is 27.6 Å². The van der Waals surface area contributed by atoms with Gasteiger partial charge in [-0.15, -0.1) is 10.2 Å². The van der Waals surface area contributed by atoms with Crippen LogP contribution in [0, 0.1) is 11.3 Å². The summed E-state index contributed by atoms with van der Waals surface area (Å²) in [4.78, 5) is 1.36. The largest absolute Gasteiger partial charge is 0.419 e. The first-order chi connectivity index (χ1) is 16.4. The van der Waals surface area contributed by atoms with E-state index in [4.69, 9.17) is 4.42 Å². The molecule has 0 saturated carbocycles. The van der Waals surface area contributed by atoms with Gasteiger partial charge in [-0.2, -0.15) is 18.4 Å². The van der Waals surface area contributed by atoms with Crippen molar-refractivity contribution in [2.75, 3.05) is 17.7 Å². The second-order valence-electron chi connectivity index (χ2n) is 7.75. The van der Waals surface area contributed by atoms with Gasteiger partial charge < -0.3 is 9.32 Å². The first kappa shape index (κ1) is 26.3. The molecule has 1 aromatic heterocycles. The molecule has 1 unspecified atom stereocenters. The van der Waals surface area contributed by atoms with Crippen molar-refractivity contribution in [3.63, 3.8) is 0 Å².